The van der Waals surface area contributed by atoms with E-state index in [-0.39, 0.29) is 4.91 Å². The SMILES string of the molecule is COc1ccc(C(=O)/C(=C\N(C)C)S(C)(=O)=O)cc1. The van der Waals surface area contributed by atoms with E-state index in [1.54, 1.807) is 26.2 Å². The molecule has 0 fully saturated rings. The number of sulfone groups is 1. The lowest BCUT2D eigenvalue weighted by Gasteiger charge is -2.10. The van der Waals surface area contributed by atoms with Gasteiger partial charge in [-0.15, -0.1) is 0 Å². The molecule has 0 unspecified atom stereocenters. The molecular formula is C13H17NO4S. The summed E-state index contributed by atoms with van der Waals surface area (Å²) < 4.78 is 28.3. The predicted octanol–water partition coefficient (Wildman–Crippen LogP) is 1.33. The summed E-state index contributed by atoms with van der Waals surface area (Å²) in [7, 11) is 1.25. The van der Waals surface area contributed by atoms with Gasteiger partial charge in [0.2, 0.25) is 5.78 Å². The molecule has 0 aromatic heterocycles. The average molecular weight is 283 g/mol. The maximum Gasteiger partial charge on any atom is 0.205 e. The predicted molar refractivity (Wildman–Crippen MR) is 73.9 cm³/mol. The lowest BCUT2D eigenvalue weighted by atomic mass is 10.1. The Morgan fingerprint density at radius 1 is 1.21 bits per heavy atom. The van der Waals surface area contributed by atoms with Gasteiger partial charge in [-0.2, -0.15) is 0 Å². The molecule has 0 radical (unpaired) electrons. The molecule has 0 saturated heterocycles. The molecule has 0 aliphatic rings. The van der Waals surface area contributed by atoms with Gasteiger partial charge in [0.25, 0.3) is 0 Å². The summed E-state index contributed by atoms with van der Waals surface area (Å²) in [6.45, 7) is 0. The second-order valence-corrected chi connectivity index (χ2v) is 6.27. The van der Waals surface area contributed by atoms with Crippen molar-refractivity contribution in [1.29, 1.82) is 0 Å². The van der Waals surface area contributed by atoms with Crippen molar-refractivity contribution in [3.8, 4) is 5.75 Å². The quantitative estimate of drug-likeness (QED) is 0.602. The molecule has 0 saturated carbocycles. The van der Waals surface area contributed by atoms with Crippen LogP contribution in [0.3, 0.4) is 0 Å². The minimum atomic E-state index is -3.58. The van der Waals surface area contributed by atoms with Gasteiger partial charge >= 0.3 is 0 Å². The monoisotopic (exact) mass is 283 g/mol. The fourth-order valence-corrected chi connectivity index (χ4v) is 2.30. The van der Waals surface area contributed by atoms with E-state index in [9.17, 15) is 13.2 Å². The zero-order chi connectivity index (χ0) is 14.6. The molecule has 0 spiro atoms. The molecule has 0 N–H and O–H groups in total. The molecular weight excluding hydrogens is 266 g/mol. The van der Waals surface area contributed by atoms with Crippen molar-refractivity contribution in [2.45, 2.75) is 0 Å². The van der Waals surface area contributed by atoms with Crippen LogP contribution in [0.5, 0.6) is 5.75 Å². The van der Waals surface area contributed by atoms with Gasteiger partial charge in [0.15, 0.2) is 9.84 Å². The van der Waals surface area contributed by atoms with Crippen molar-refractivity contribution in [2.75, 3.05) is 27.5 Å². The lowest BCUT2D eigenvalue weighted by Crippen LogP contribution is -2.16. The third-order valence-corrected chi connectivity index (χ3v) is 3.44. The molecule has 1 aromatic rings. The van der Waals surface area contributed by atoms with Crippen LogP contribution in [-0.4, -0.2) is 46.6 Å². The van der Waals surface area contributed by atoms with Crippen molar-refractivity contribution in [1.82, 2.24) is 4.90 Å². The van der Waals surface area contributed by atoms with Crippen LogP contribution in [-0.2, 0) is 9.84 Å². The third kappa shape index (κ3) is 4.10. The topological polar surface area (TPSA) is 63.7 Å². The molecule has 6 heteroatoms. The van der Waals surface area contributed by atoms with Crippen molar-refractivity contribution >= 4 is 15.6 Å². The first kappa shape index (κ1) is 15.2. The fourth-order valence-electron chi connectivity index (χ4n) is 1.44. The molecule has 19 heavy (non-hydrogen) atoms. The van der Waals surface area contributed by atoms with Crippen LogP contribution < -0.4 is 4.74 Å². The van der Waals surface area contributed by atoms with Crippen LogP contribution in [0.4, 0.5) is 0 Å². The largest absolute Gasteiger partial charge is 0.497 e. The molecule has 1 rings (SSSR count). The number of ether oxygens (including phenoxy) is 1. The summed E-state index contributed by atoms with van der Waals surface area (Å²) in [6, 6.07) is 6.30. The number of carbonyl (C=O) groups is 1. The number of hydrogen-bond donors (Lipinski definition) is 0. The van der Waals surface area contributed by atoms with Gasteiger partial charge in [-0.05, 0) is 24.3 Å². The van der Waals surface area contributed by atoms with Crippen molar-refractivity contribution in [2.24, 2.45) is 0 Å². The van der Waals surface area contributed by atoms with E-state index in [4.69, 9.17) is 4.74 Å². The highest BCUT2D eigenvalue weighted by atomic mass is 32.2. The molecule has 0 bridgehead atoms. The Morgan fingerprint density at radius 3 is 2.11 bits per heavy atom. The summed E-state index contributed by atoms with van der Waals surface area (Å²) in [4.78, 5) is 13.5. The standard InChI is InChI=1S/C13H17NO4S/c1-14(2)9-12(19(4,16)17)13(15)10-5-7-11(18-3)8-6-10/h5-9H,1-4H3/b12-9+. The van der Waals surface area contributed by atoms with Crippen LogP contribution >= 0.6 is 0 Å². The van der Waals surface area contributed by atoms with Crippen LogP contribution in [0.15, 0.2) is 35.4 Å². The second-order valence-electron chi connectivity index (χ2n) is 4.29. The van der Waals surface area contributed by atoms with E-state index in [0.29, 0.717) is 11.3 Å². The minimum Gasteiger partial charge on any atom is -0.497 e. The Hall–Kier alpha value is -1.82. The zero-order valence-corrected chi connectivity index (χ0v) is 12.2. The number of allylic oxidation sites excluding steroid dienone is 1. The second kappa shape index (κ2) is 5.88. The zero-order valence-electron chi connectivity index (χ0n) is 11.4. The van der Waals surface area contributed by atoms with Gasteiger partial charge in [0.05, 0.1) is 7.11 Å². The van der Waals surface area contributed by atoms with Gasteiger partial charge in [-0.1, -0.05) is 0 Å². The van der Waals surface area contributed by atoms with Gasteiger partial charge in [0.1, 0.15) is 10.7 Å². The highest BCUT2D eigenvalue weighted by molar-refractivity contribution is 7.95. The number of benzene rings is 1. The Balaban J connectivity index is 3.20. The van der Waals surface area contributed by atoms with E-state index < -0.39 is 15.6 Å². The van der Waals surface area contributed by atoms with E-state index in [1.165, 1.54) is 30.3 Å². The van der Waals surface area contributed by atoms with Crippen LogP contribution in [0.2, 0.25) is 0 Å². The van der Waals surface area contributed by atoms with Gasteiger partial charge in [-0.25, -0.2) is 8.42 Å². The molecule has 0 aliphatic heterocycles. The van der Waals surface area contributed by atoms with Crippen LogP contribution in [0.1, 0.15) is 10.4 Å². The molecule has 1 aromatic carbocycles. The van der Waals surface area contributed by atoms with E-state index in [1.807, 2.05) is 0 Å². The van der Waals surface area contributed by atoms with Gasteiger partial charge < -0.3 is 9.64 Å². The summed E-state index contributed by atoms with van der Waals surface area (Å²) in [5.74, 6) is 0.0768. The Bertz CT molecular complexity index is 586. The third-order valence-electron chi connectivity index (χ3n) is 2.35. The number of rotatable bonds is 5. The fraction of sp³-hybridized carbons (Fsp3) is 0.308. The minimum absolute atomic E-state index is 0.234. The van der Waals surface area contributed by atoms with Crippen LogP contribution in [0, 0.1) is 0 Å². The Labute approximate surface area is 113 Å². The first-order valence-corrected chi connectivity index (χ1v) is 7.42. The van der Waals surface area contributed by atoms with Gasteiger partial charge in [-0.3, -0.25) is 4.79 Å². The maximum absolute atomic E-state index is 12.2. The summed E-state index contributed by atoms with van der Waals surface area (Å²) in [6.07, 6.45) is 2.33. The lowest BCUT2D eigenvalue weighted by molar-refractivity contribution is 0.104. The average Bonchev–Trinajstić information content (AvgIpc) is 2.34. The summed E-state index contributed by atoms with van der Waals surface area (Å²) >= 11 is 0. The van der Waals surface area contributed by atoms with Crippen molar-refractivity contribution in [3.63, 3.8) is 0 Å². The van der Waals surface area contributed by atoms with Crippen molar-refractivity contribution in [3.05, 3.63) is 40.9 Å². The Morgan fingerprint density at radius 2 is 1.74 bits per heavy atom. The number of Topliss-reactive ketones (excluding diaryl/α,β-unsaturated/α-hetero) is 1. The highest BCUT2D eigenvalue weighted by Crippen LogP contribution is 2.17. The smallest absolute Gasteiger partial charge is 0.205 e. The molecule has 0 atom stereocenters. The van der Waals surface area contributed by atoms with Crippen LogP contribution in [0.25, 0.3) is 0 Å². The number of hydrogen-bond acceptors (Lipinski definition) is 5. The van der Waals surface area contributed by atoms with E-state index in [0.717, 1.165) is 6.26 Å². The number of ketones is 1. The number of nitrogens with zero attached hydrogens (tertiary/aromatic N) is 1. The number of methoxy groups -OCH3 is 1. The van der Waals surface area contributed by atoms with E-state index >= 15 is 0 Å². The molecule has 5 nitrogen and oxygen atoms in total. The maximum atomic E-state index is 12.2. The molecule has 0 heterocycles. The first-order valence-electron chi connectivity index (χ1n) is 5.52. The highest BCUT2D eigenvalue weighted by Gasteiger charge is 2.22. The molecule has 104 valence electrons. The molecule has 0 aliphatic carbocycles. The van der Waals surface area contributed by atoms with Gasteiger partial charge in [0, 0.05) is 32.1 Å². The summed E-state index contributed by atoms with van der Waals surface area (Å²) in [5, 5.41) is 0. The first-order chi connectivity index (χ1) is 8.75. The Kier molecular flexibility index (Phi) is 4.72. The molecule has 0 amide bonds. The van der Waals surface area contributed by atoms with Crippen molar-refractivity contribution < 1.29 is 17.9 Å². The van der Waals surface area contributed by atoms with E-state index in [2.05, 4.69) is 0 Å². The normalized spacial score (nSPS) is 12.1. The summed E-state index contributed by atoms with van der Waals surface area (Å²) in [5.41, 5.74) is 0.305. The number of carbonyl (C=O) groups excluding carboxylic acids is 1.